The summed E-state index contributed by atoms with van der Waals surface area (Å²) in [6.07, 6.45) is 3.05. The van der Waals surface area contributed by atoms with Gasteiger partial charge in [-0.05, 0) is 25.0 Å². The van der Waals surface area contributed by atoms with Crippen molar-refractivity contribution in [2.75, 3.05) is 12.8 Å². The summed E-state index contributed by atoms with van der Waals surface area (Å²) in [7, 11) is 1.34. The SMILES string of the molecule is CCc1nn(-c2ncccc2C(=O)OC)c(CC)c1N. The van der Waals surface area contributed by atoms with Gasteiger partial charge in [-0.25, -0.2) is 14.5 Å². The maximum atomic E-state index is 11.8. The van der Waals surface area contributed by atoms with Crippen molar-refractivity contribution in [1.82, 2.24) is 14.8 Å². The number of hydrogen-bond donors (Lipinski definition) is 1. The molecule has 0 amide bonds. The van der Waals surface area contributed by atoms with Gasteiger partial charge in [0.25, 0.3) is 0 Å². The molecule has 0 unspecified atom stereocenters. The first kappa shape index (κ1) is 14.0. The zero-order valence-corrected chi connectivity index (χ0v) is 11.9. The number of nitrogens with zero attached hydrogens (tertiary/aromatic N) is 3. The Labute approximate surface area is 117 Å². The zero-order chi connectivity index (χ0) is 14.7. The maximum absolute atomic E-state index is 11.8. The number of nitrogens with two attached hydrogens (primary N) is 1. The molecule has 0 bridgehead atoms. The lowest BCUT2D eigenvalue weighted by Crippen LogP contribution is -2.12. The van der Waals surface area contributed by atoms with Crippen LogP contribution in [-0.4, -0.2) is 27.8 Å². The second kappa shape index (κ2) is 5.73. The second-order valence-electron chi connectivity index (χ2n) is 4.29. The number of anilines is 1. The smallest absolute Gasteiger partial charge is 0.341 e. The fraction of sp³-hybridized carbons (Fsp3) is 0.357. The van der Waals surface area contributed by atoms with Gasteiger partial charge in [-0.2, -0.15) is 5.10 Å². The van der Waals surface area contributed by atoms with Gasteiger partial charge in [0.05, 0.1) is 24.2 Å². The third-order valence-corrected chi connectivity index (χ3v) is 3.16. The molecular formula is C14H18N4O2. The average molecular weight is 274 g/mol. The lowest BCUT2D eigenvalue weighted by molar-refractivity contribution is 0.0600. The first-order valence-corrected chi connectivity index (χ1v) is 6.53. The lowest BCUT2D eigenvalue weighted by atomic mass is 10.2. The quantitative estimate of drug-likeness (QED) is 0.859. The van der Waals surface area contributed by atoms with Crippen molar-refractivity contribution in [3.8, 4) is 5.82 Å². The van der Waals surface area contributed by atoms with E-state index >= 15 is 0 Å². The molecule has 0 fully saturated rings. The summed E-state index contributed by atoms with van der Waals surface area (Å²) >= 11 is 0. The molecule has 0 aromatic carbocycles. The van der Waals surface area contributed by atoms with Gasteiger partial charge in [-0.3, -0.25) is 0 Å². The Bertz CT molecular complexity index is 634. The summed E-state index contributed by atoms with van der Waals surface area (Å²) in [5.41, 5.74) is 8.79. The van der Waals surface area contributed by atoms with E-state index < -0.39 is 5.97 Å². The van der Waals surface area contributed by atoms with Gasteiger partial charge in [0, 0.05) is 6.20 Å². The third kappa shape index (κ3) is 2.24. The Balaban J connectivity index is 2.66. The largest absolute Gasteiger partial charge is 0.465 e. The minimum Gasteiger partial charge on any atom is -0.465 e. The van der Waals surface area contributed by atoms with Crippen molar-refractivity contribution in [2.45, 2.75) is 26.7 Å². The topological polar surface area (TPSA) is 83.0 Å². The number of methoxy groups -OCH3 is 1. The molecule has 0 saturated heterocycles. The molecule has 2 N–H and O–H groups in total. The van der Waals surface area contributed by atoms with Crippen molar-refractivity contribution in [2.24, 2.45) is 0 Å². The zero-order valence-electron chi connectivity index (χ0n) is 11.9. The Morgan fingerprint density at radius 3 is 2.75 bits per heavy atom. The Hall–Kier alpha value is -2.37. The molecule has 0 spiro atoms. The standard InChI is InChI=1S/C14H18N4O2/c1-4-10-12(15)11(5-2)18(17-10)13-9(14(19)20-3)7-6-8-16-13/h6-8H,4-5,15H2,1-3H3. The van der Waals surface area contributed by atoms with Gasteiger partial charge < -0.3 is 10.5 Å². The number of carbonyl (C=O) groups is 1. The summed E-state index contributed by atoms with van der Waals surface area (Å²) in [5.74, 6) is 0.00451. The molecule has 2 aromatic heterocycles. The fourth-order valence-corrected chi connectivity index (χ4v) is 2.13. The normalized spacial score (nSPS) is 10.6. The van der Waals surface area contributed by atoms with Gasteiger partial charge in [0.2, 0.25) is 0 Å². The third-order valence-electron chi connectivity index (χ3n) is 3.16. The van der Waals surface area contributed by atoms with Crippen molar-refractivity contribution in [3.05, 3.63) is 35.3 Å². The summed E-state index contributed by atoms with van der Waals surface area (Å²) < 4.78 is 6.42. The number of pyridine rings is 1. The van der Waals surface area contributed by atoms with Crippen molar-refractivity contribution >= 4 is 11.7 Å². The molecule has 6 nitrogen and oxygen atoms in total. The van der Waals surface area contributed by atoms with Gasteiger partial charge in [-0.15, -0.1) is 0 Å². The summed E-state index contributed by atoms with van der Waals surface area (Å²) in [4.78, 5) is 16.1. The predicted octanol–water partition coefficient (Wildman–Crippen LogP) is 1.76. The Morgan fingerprint density at radius 2 is 2.15 bits per heavy atom. The molecule has 0 radical (unpaired) electrons. The highest BCUT2D eigenvalue weighted by Gasteiger charge is 2.20. The monoisotopic (exact) mass is 274 g/mol. The number of rotatable bonds is 4. The van der Waals surface area contributed by atoms with E-state index in [2.05, 4.69) is 10.1 Å². The van der Waals surface area contributed by atoms with E-state index in [0.29, 0.717) is 23.5 Å². The molecule has 106 valence electrons. The van der Waals surface area contributed by atoms with Gasteiger partial charge in [-0.1, -0.05) is 13.8 Å². The van der Waals surface area contributed by atoms with E-state index in [-0.39, 0.29) is 0 Å². The molecule has 0 aliphatic rings. The minimum absolute atomic E-state index is 0.370. The molecule has 2 rings (SSSR count). The molecule has 20 heavy (non-hydrogen) atoms. The van der Waals surface area contributed by atoms with Crippen LogP contribution in [0, 0.1) is 0 Å². The molecule has 2 aromatic rings. The summed E-state index contributed by atoms with van der Waals surface area (Å²) in [6.45, 7) is 3.98. The summed E-state index contributed by atoms with van der Waals surface area (Å²) in [5, 5.41) is 4.47. The molecule has 0 aliphatic carbocycles. The Kier molecular flexibility index (Phi) is 4.02. The number of aryl methyl sites for hydroxylation is 1. The molecule has 0 aliphatic heterocycles. The van der Waals surface area contributed by atoms with E-state index in [9.17, 15) is 4.79 Å². The van der Waals surface area contributed by atoms with Crippen LogP contribution in [0.25, 0.3) is 5.82 Å². The van der Waals surface area contributed by atoms with Crippen LogP contribution < -0.4 is 5.73 Å². The van der Waals surface area contributed by atoms with Gasteiger partial charge in [0.15, 0.2) is 5.82 Å². The van der Waals surface area contributed by atoms with Gasteiger partial charge >= 0.3 is 5.97 Å². The molecule has 6 heteroatoms. The van der Waals surface area contributed by atoms with Crippen molar-refractivity contribution < 1.29 is 9.53 Å². The maximum Gasteiger partial charge on any atom is 0.341 e. The molecule has 0 atom stereocenters. The van der Waals surface area contributed by atoms with Crippen molar-refractivity contribution in [3.63, 3.8) is 0 Å². The highest BCUT2D eigenvalue weighted by atomic mass is 16.5. The number of hydrogen-bond acceptors (Lipinski definition) is 5. The molecular weight excluding hydrogens is 256 g/mol. The van der Waals surface area contributed by atoms with E-state index in [0.717, 1.165) is 17.8 Å². The first-order chi connectivity index (χ1) is 9.63. The van der Waals surface area contributed by atoms with Crippen LogP contribution in [-0.2, 0) is 17.6 Å². The van der Waals surface area contributed by atoms with Crippen LogP contribution in [0.3, 0.4) is 0 Å². The van der Waals surface area contributed by atoms with E-state index in [1.165, 1.54) is 7.11 Å². The average Bonchev–Trinajstić information content (AvgIpc) is 2.82. The number of aromatic nitrogens is 3. The lowest BCUT2D eigenvalue weighted by Gasteiger charge is -2.09. The van der Waals surface area contributed by atoms with Crippen LogP contribution in [0.5, 0.6) is 0 Å². The minimum atomic E-state index is -0.442. The molecule has 2 heterocycles. The number of esters is 1. The number of ether oxygens (including phenoxy) is 1. The molecule has 0 saturated carbocycles. The van der Waals surface area contributed by atoms with Crippen LogP contribution in [0.15, 0.2) is 18.3 Å². The van der Waals surface area contributed by atoms with Gasteiger partial charge in [0.1, 0.15) is 5.56 Å². The summed E-state index contributed by atoms with van der Waals surface area (Å²) in [6, 6.07) is 3.35. The Morgan fingerprint density at radius 1 is 1.40 bits per heavy atom. The number of nitrogen functional groups attached to an aromatic ring is 1. The highest BCUT2D eigenvalue weighted by Crippen LogP contribution is 2.23. The highest BCUT2D eigenvalue weighted by molar-refractivity contribution is 5.92. The van der Waals surface area contributed by atoms with Crippen molar-refractivity contribution in [1.29, 1.82) is 0 Å². The van der Waals surface area contributed by atoms with E-state index in [1.54, 1.807) is 23.0 Å². The predicted molar refractivity (Wildman–Crippen MR) is 75.9 cm³/mol. The number of carbonyl (C=O) groups excluding carboxylic acids is 1. The fourth-order valence-electron chi connectivity index (χ4n) is 2.13. The van der Waals surface area contributed by atoms with E-state index in [4.69, 9.17) is 10.5 Å². The first-order valence-electron chi connectivity index (χ1n) is 6.53. The van der Waals surface area contributed by atoms with Crippen LogP contribution in [0.2, 0.25) is 0 Å². The van der Waals surface area contributed by atoms with Crippen LogP contribution >= 0.6 is 0 Å². The van der Waals surface area contributed by atoms with E-state index in [1.807, 2.05) is 13.8 Å². The second-order valence-corrected chi connectivity index (χ2v) is 4.29. The van der Waals surface area contributed by atoms with Crippen LogP contribution in [0.1, 0.15) is 35.6 Å². The van der Waals surface area contributed by atoms with Crippen LogP contribution in [0.4, 0.5) is 5.69 Å².